The molecular weight excluding hydrogens is 1250 g/mol. The maximum atomic E-state index is 12.7. The van der Waals surface area contributed by atoms with Gasteiger partial charge in [0, 0.05) is 12.8 Å². The van der Waals surface area contributed by atoms with Crippen LogP contribution < -0.4 is 0 Å². The van der Waals surface area contributed by atoms with Crippen LogP contribution in [0.3, 0.4) is 0 Å². The molecule has 0 N–H and O–H groups in total. The maximum Gasteiger partial charge on any atom is 0.306 e. The summed E-state index contributed by atoms with van der Waals surface area (Å²) in [5.74, 6) is 22.0. The molecule has 0 spiro atoms. The molecule has 6 nitrogen and oxygen atoms in total. The summed E-state index contributed by atoms with van der Waals surface area (Å²) in [7, 11) is 8.34. The lowest BCUT2D eigenvalue weighted by Crippen LogP contribution is -2.20. The van der Waals surface area contributed by atoms with Crippen molar-refractivity contribution in [1.29, 1.82) is 0 Å². The Labute approximate surface area is 634 Å². The molecule has 10 saturated carbocycles. The molecule has 0 amide bonds. The molecule has 0 heterocycles. The Bertz CT molecular complexity index is 2070. The van der Waals surface area contributed by atoms with Gasteiger partial charge in [-0.1, -0.05) is 246 Å². The highest BCUT2D eigenvalue weighted by atomic mass is 16.5. The fourth-order valence-corrected chi connectivity index (χ4v) is 21.3. The van der Waals surface area contributed by atoms with E-state index in [2.05, 4.69) is 65.7 Å². The highest BCUT2D eigenvalue weighted by Crippen LogP contribution is 2.61. The van der Waals surface area contributed by atoms with Gasteiger partial charge < -0.3 is 19.3 Å². The lowest BCUT2D eigenvalue weighted by Gasteiger charge is -2.18. The molecule has 20 atom stereocenters. The van der Waals surface area contributed by atoms with E-state index in [1.807, 2.05) is 0 Å². The van der Waals surface area contributed by atoms with Crippen LogP contribution in [0.15, 0.2) is 0 Å². The van der Waals surface area contributed by atoms with Gasteiger partial charge in [-0.15, -0.1) is 0 Å². The number of nitrogens with zero attached hydrogens (tertiary/aromatic N) is 2. The van der Waals surface area contributed by atoms with Crippen LogP contribution in [0, 0.1) is 118 Å². The standard InChI is InChI=1S/C49H87NO2.C47H87NO2/c1-5-7-11-18-36-26-40(36)30-44-34-46(44)32-42-28-38(42)20-13-9-15-22-48(52-49(51)24-17-25-50(3)4)23-16-10-14-21-39-29-43(39)33-47-35-45(47)31-41-27-37(41)19-12-8-6-2;1-5-7-17-24-38-32-42(38)36-44-34-40(44)26-19-13-9-11-15-21-28-46(50-47(49)30-23-31-48(3)4)29-22-16-12-10-14-20-27-41-35-45(41)37-43-33-39(43)25-18-8-6-2/h36-48H,5-35H2,1-4H3;38-46H,5-37H2,1-4H3. The van der Waals surface area contributed by atoms with Gasteiger partial charge in [-0.2, -0.15) is 0 Å². The van der Waals surface area contributed by atoms with Crippen molar-refractivity contribution in [2.75, 3.05) is 41.3 Å². The summed E-state index contributed by atoms with van der Waals surface area (Å²) in [6.07, 6.45) is 86.1. The first-order valence-electron chi connectivity index (χ1n) is 47.5. The minimum Gasteiger partial charge on any atom is -0.462 e. The molecule has 0 radical (unpaired) electrons. The smallest absolute Gasteiger partial charge is 0.306 e. The lowest BCUT2D eigenvalue weighted by atomic mass is 10.0. The molecule has 10 rings (SSSR count). The zero-order chi connectivity index (χ0) is 71.7. The SMILES string of the molecule is CCCCCC1CC1CC1CC1CC1CC1CCCCCC(CCCCCC1CC1CC1CC1CC1CC1CCCCC)OC(=O)CCCN(C)C.CCCCCC1CC1CC1CC1CCCCCCCCC(CCCCCCCCC1CC1CC1CC1CCCCC)OC(=O)CCCN(C)C. The van der Waals surface area contributed by atoms with Crippen LogP contribution in [-0.4, -0.2) is 75.2 Å². The van der Waals surface area contributed by atoms with Crippen LogP contribution in [0.2, 0.25) is 0 Å². The molecule has 6 heteroatoms. The quantitative estimate of drug-likeness (QED) is 0.0447. The molecule has 0 saturated heterocycles. The summed E-state index contributed by atoms with van der Waals surface area (Å²) in [5.41, 5.74) is 0. The van der Waals surface area contributed by atoms with Crippen molar-refractivity contribution in [2.24, 2.45) is 118 Å². The Morgan fingerprint density at radius 1 is 0.245 bits per heavy atom. The van der Waals surface area contributed by atoms with Crippen molar-refractivity contribution in [1.82, 2.24) is 9.80 Å². The van der Waals surface area contributed by atoms with E-state index in [1.165, 1.54) is 257 Å². The molecule has 102 heavy (non-hydrogen) atoms. The minimum absolute atomic E-state index is 0.0380. The second-order valence-electron chi connectivity index (χ2n) is 39.7. The Morgan fingerprint density at radius 3 is 0.637 bits per heavy atom. The van der Waals surface area contributed by atoms with E-state index in [-0.39, 0.29) is 24.1 Å². The number of hydrogen-bond donors (Lipinski definition) is 0. The molecule has 20 unspecified atom stereocenters. The average molecular weight is 1420 g/mol. The number of hydrogen-bond acceptors (Lipinski definition) is 6. The van der Waals surface area contributed by atoms with Crippen LogP contribution in [0.25, 0.3) is 0 Å². The van der Waals surface area contributed by atoms with Gasteiger partial charge in [0.2, 0.25) is 0 Å². The van der Waals surface area contributed by atoms with E-state index in [4.69, 9.17) is 9.47 Å². The number of esters is 2. The summed E-state index contributed by atoms with van der Waals surface area (Å²) in [6.45, 7) is 11.2. The summed E-state index contributed by atoms with van der Waals surface area (Å²) in [5, 5.41) is 0. The lowest BCUT2D eigenvalue weighted by molar-refractivity contribution is -0.151. The number of ether oxygens (including phenoxy) is 2. The van der Waals surface area contributed by atoms with Gasteiger partial charge in [-0.05, 0) is 327 Å². The fourth-order valence-electron chi connectivity index (χ4n) is 21.3. The van der Waals surface area contributed by atoms with Gasteiger partial charge in [0.15, 0.2) is 0 Å². The van der Waals surface area contributed by atoms with E-state index in [1.54, 1.807) is 89.9 Å². The highest BCUT2D eigenvalue weighted by molar-refractivity contribution is 5.69. The van der Waals surface area contributed by atoms with Gasteiger partial charge >= 0.3 is 11.9 Å². The van der Waals surface area contributed by atoms with E-state index in [0.29, 0.717) is 12.8 Å². The molecule has 10 aliphatic rings. The van der Waals surface area contributed by atoms with Crippen molar-refractivity contribution in [3.63, 3.8) is 0 Å². The Balaban J connectivity index is 0.000000238. The minimum atomic E-state index is 0.0380. The second-order valence-corrected chi connectivity index (χ2v) is 39.7. The monoisotopic (exact) mass is 1420 g/mol. The van der Waals surface area contributed by atoms with Crippen molar-refractivity contribution < 1.29 is 19.1 Å². The van der Waals surface area contributed by atoms with Gasteiger partial charge in [0.1, 0.15) is 12.2 Å². The molecule has 0 aromatic rings. The summed E-state index contributed by atoms with van der Waals surface area (Å²) < 4.78 is 12.2. The van der Waals surface area contributed by atoms with E-state index < -0.39 is 0 Å². The largest absolute Gasteiger partial charge is 0.462 e. The first-order valence-corrected chi connectivity index (χ1v) is 47.5. The van der Waals surface area contributed by atoms with Gasteiger partial charge in [-0.3, -0.25) is 9.59 Å². The van der Waals surface area contributed by atoms with Gasteiger partial charge in [0.05, 0.1) is 0 Å². The summed E-state index contributed by atoms with van der Waals surface area (Å²) >= 11 is 0. The Kier molecular flexibility index (Phi) is 39.8. The molecule has 592 valence electrons. The van der Waals surface area contributed by atoms with Crippen LogP contribution in [0.4, 0.5) is 0 Å². The maximum absolute atomic E-state index is 12.7. The predicted octanol–water partition coefficient (Wildman–Crippen LogP) is 27.6. The third-order valence-electron chi connectivity index (χ3n) is 29.5. The first-order chi connectivity index (χ1) is 49.9. The molecule has 10 fully saturated rings. The molecule has 0 aliphatic heterocycles. The predicted molar refractivity (Wildman–Crippen MR) is 436 cm³/mol. The third-order valence-corrected chi connectivity index (χ3v) is 29.5. The van der Waals surface area contributed by atoms with Crippen LogP contribution in [0.1, 0.15) is 426 Å². The second kappa shape index (κ2) is 47.8. The van der Waals surface area contributed by atoms with Crippen molar-refractivity contribution in [2.45, 2.75) is 438 Å². The molecule has 0 bridgehead atoms. The molecule has 0 aromatic heterocycles. The number of unbranched alkanes of at least 4 members (excludes halogenated alkanes) is 22. The van der Waals surface area contributed by atoms with Gasteiger partial charge in [-0.25, -0.2) is 0 Å². The summed E-state index contributed by atoms with van der Waals surface area (Å²) in [4.78, 5) is 29.7. The Morgan fingerprint density at radius 2 is 0.422 bits per heavy atom. The zero-order valence-corrected chi connectivity index (χ0v) is 69.5. The van der Waals surface area contributed by atoms with Crippen molar-refractivity contribution in [3.05, 3.63) is 0 Å². The third kappa shape index (κ3) is 36.6. The normalized spacial score (nSPS) is 32.3. The summed E-state index contributed by atoms with van der Waals surface area (Å²) in [6, 6.07) is 0. The number of carbonyl (C=O) groups excluding carboxylic acids is 2. The van der Waals surface area contributed by atoms with E-state index in [9.17, 15) is 9.59 Å². The highest BCUT2D eigenvalue weighted by Gasteiger charge is 2.51. The average Bonchev–Trinajstić information content (AvgIpc) is 1.63. The van der Waals surface area contributed by atoms with Crippen molar-refractivity contribution in [3.8, 4) is 0 Å². The molecule has 0 aromatic carbocycles. The number of rotatable bonds is 68. The Hall–Kier alpha value is -1.14. The van der Waals surface area contributed by atoms with Crippen LogP contribution >= 0.6 is 0 Å². The topological polar surface area (TPSA) is 59.1 Å². The molecule has 10 aliphatic carbocycles. The zero-order valence-electron chi connectivity index (χ0n) is 69.5. The number of carbonyl (C=O) groups is 2. The van der Waals surface area contributed by atoms with Gasteiger partial charge in [0.25, 0.3) is 0 Å². The fraction of sp³-hybridized carbons (Fsp3) is 0.979. The van der Waals surface area contributed by atoms with E-state index >= 15 is 0 Å². The molecular formula is C96H174N2O4. The van der Waals surface area contributed by atoms with E-state index in [0.717, 1.165) is 170 Å². The van der Waals surface area contributed by atoms with Crippen LogP contribution in [0.5, 0.6) is 0 Å². The van der Waals surface area contributed by atoms with Crippen molar-refractivity contribution >= 4 is 11.9 Å². The first kappa shape index (κ1) is 84.9. The van der Waals surface area contributed by atoms with Crippen LogP contribution in [-0.2, 0) is 19.1 Å².